The molecule has 0 saturated carbocycles. The van der Waals surface area contributed by atoms with E-state index in [0.717, 1.165) is 12.1 Å². The van der Waals surface area contributed by atoms with Gasteiger partial charge in [-0.25, -0.2) is 8.78 Å². The van der Waals surface area contributed by atoms with Crippen molar-refractivity contribution >= 4 is 17.5 Å². The number of hydrogen-bond acceptors (Lipinski definition) is 4. The quantitative estimate of drug-likeness (QED) is 0.767. The first kappa shape index (κ1) is 20.2. The van der Waals surface area contributed by atoms with Crippen LogP contribution in [-0.4, -0.2) is 38.6 Å². The Labute approximate surface area is 155 Å². The maximum atomic E-state index is 13.4. The van der Waals surface area contributed by atoms with E-state index in [0.29, 0.717) is 11.5 Å². The fraction of sp³-hybridized carbons (Fsp3) is 0.263. The lowest BCUT2D eigenvalue weighted by atomic mass is 10.2. The smallest absolute Gasteiger partial charge is 0.258 e. The van der Waals surface area contributed by atoms with E-state index in [2.05, 4.69) is 5.32 Å². The molecule has 0 atom stereocenters. The molecule has 0 bridgehead atoms. The molecule has 8 heteroatoms. The summed E-state index contributed by atoms with van der Waals surface area (Å²) in [4.78, 5) is 24.9. The van der Waals surface area contributed by atoms with Crippen molar-refractivity contribution in [3.63, 3.8) is 0 Å². The van der Waals surface area contributed by atoms with Crippen molar-refractivity contribution in [2.45, 2.75) is 6.92 Å². The van der Waals surface area contributed by atoms with E-state index in [-0.39, 0.29) is 31.3 Å². The van der Waals surface area contributed by atoms with Crippen LogP contribution in [0.5, 0.6) is 11.5 Å². The van der Waals surface area contributed by atoms with Crippen LogP contribution < -0.4 is 19.7 Å². The van der Waals surface area contributed by atoms with Crippen molar-refractivity contribution in [2.24, 2.45) is 0 Å². The summed E-state index contributed by atoms with van der Waals surface area (Å²) in [5.41, 5.74) is 0.209. The van der Waals surface area contributed by atoms with Gasteiger partial charge in [-0.3, -0.25) is 9.59 Å². The molecular formula is C19H20F2N2O4. The van der Waals surface area contributed by atoms with E-state index in [1.54, 1.807) is 24.3 Å². The average molecular weight is 378 g/mol. The first-order valence-electron chi connectivity index (χ1n) is 8.18. The van der Waals surface area contributed by atoms with Gasteiger partial charge in [0.15, 0.2) is 29.7 Å². The van der Waals surface area contributed by atoms with Crippen LogP contribution in [0.25, 0.3) is 0 Å². The molecule has 2 aromatic carbocycles. The number of nitrogens with one attached hydrogen (secondary N) is 1. The van der Waals surface area contributed by atoms with Crippen LogP contribution in [0, 0.1) is 11.6 Å². The Kier molecular flexibility index (Phi) is 7.10. The molecule has 0 spiro atoms. The minimum absolute atomic E-state index is 0.0980. The van der Waals surface area contributed by atoms with Crippen LogP contribution in [0.15, 0.2) is 42.5 Å². The molecule has 27 heavy (non-hydrogen) atoms. The Bertz CT molecular complexity index is 814. The number of rotatable bonds is 8. The number of halogens is 2. The first-order chi connectivity index (χ1) is 12.9. The summed E-state index contributed by atoms with van der Waals surface area (Å²) in [6.45, 7) is 1.28. The third-order valence-corrected chi connectivity index (χ3v) is 3.68. The van der Waals surface area contributed by atoms with Gasteiger partial charge >= 0.3 is 0 Å². The van der Waals surface area contributed by atoms with Gasteiger partial charge in [-0.1, -0.05) is 12.1 Å². The molecule has 6 nitrogen and oxygen atoms in total. The van der Waals surface area contributed by atoms with Crippen molar-refractivity contribution in [2.75, 3.05) is 31.7 Å². The zero-order chi connectivity index (χ0) is 19.8. The number of carbonyl (C=O) groups is 2. The molecule has 0 fully saturated rings. The van der Waals surface area contributed by atoms with Gasteiger partial charge in [0.1, 0.15) is 0 Å². The highest BCUT2D eigenvalue weighted by Gasteiger charge is 2.14. The van der Waals surface area contributed by atoms with Gasteiger partial charge < -0.3 is 19.7 Å². The maximum Gasteiger partial charge on any atom is 0.258 e. The van der Waals surface area contributed by atoms with Crippen molar-refractivity contribution in [1.82, 2.24) is 5.32 Å². The van der Waals surface area contributed by atoms with Crippen LogP contribution in [0.4, 0.5) is 14.5 Å². The van der Waals surface area contributed by atoms with Crippen LogP contribution in [0.2, 0.25) is 0 Å². The minimum atomic E-state index is -1.05. The predicted molar refractivity (Wildman–Crippen MR) is 95.9 cm³/mol. The highest BCUT2D eigenvalue weighted by Crippen LogP contribution is 2.25. The van der Waals surface area contributed by atoms with E-state index >= 15 is 0 Å². The van der Waals surface area contributed by atoms with Crippen LogP contribution in [0.1, 0.15) is 6.92 Å². The number of carbonyl (C=O) groups excluding carboxylic acids is 2. The zero-order valence-corrected chi connectivity index (χ0v) is 15.0. The Morgan fingerprint density at radius 1 is 1.07 bits per heavy atom. The van der Waals surface area contributed by atoms with Crippen molar-refractivity contribution in [3.05, 3.63) is 54.1 Å². The zero-order valence-electron chi connectivity index (χ0n) is 15.0. The van der Waals surface area contributed by atoms with E-state index in [1.165, 1.54) is 25.0 Å². The molecule has 1 N–H and O–H groups in total. The van der Waals surface area contributed by atoms with E-state index in [9.17, 15) is 18.4 Å². The lowest BCUT2D eigenvalue weighted by Gasteiger charge is -2.21. The van der Waals surface area contributed by atoms with Gasteiger partial charge in [0.2, 0.25) is 5.91 Å². The van der Waals surface area contributed by atoms with Crippen molar-refractivity contribution in [1.29, 1.82) is 0 Å². The number of anilines is 1. The molecule has 0 aromatic heterocycles. The van der Waals surface area contributed by atoms with Gasteiger partial charge in [0, 0.05) is 31.8 Å². The van der Waals surface area contributed by atoms with Gasteiger partial charge in [0.25, 0.3) is 5.91 Å². The van der Waals surface area contributed by atoms with E-state index in [4.69, 9.17) is 9.47 Å². The fourth-order valence-corrected chi connectivity index (χ4v) is 2.36. The normalized spacial score (nSPS) is 10.2. The average Bonchev–Trinajstić information content (AvgIpc) is 2.66. The standard InChI is InChI=1S/C19H20F2N2O4/c1-13(24)23(14-7-8-15(20)16(21)11-14)10-9-22-19(25)12-27-18-6-4-3-5-17(18)26-2/h3-8,11H,9-10,12H2,1-2H3,(H,22,25). The Morgan fingerprint density at radius 3 is 2.41 bits per heavy atom. The monoisotopic (exact) mass is 378 g/mol. The summed E-state index contributed by atoms with van der Waals surface area (Å²) in [5, 5.41) is 2.61. The van der Waals surface area contributed by atoms with Crippen molar-refractivity contribution < 1.29 is 27.8 Å². The molecule has 0 aliphatic rings. The third kappa shape index (κ3) is 5.67. The number of ether oxygens (including phenoxy) is 2. The number of hydrogen-bond donors (Lipinski definition) is 1. The molecule has 2 aromatic rings. The summed E-state index contributed by atoms with van der Waals surface area (Å²) >= 11 is 0. The molecule has 144 valence electrons. The van der Waals surface area contributed by atoms with Gasteiger partial charge in [-0.05, 0) is 24.3 Å². The second-order valence-corrected chi connectivity index (χ2v) is 5.56. The minimum Gasteiger partial charge on any atom is -0.493 e. The van der Waals surface area contributed by atoms with Gasteiger partial charge in [-0.2, -0.15) is 0 Å². The molecule has 0 radical (unpaired) electrons. The largest absolute Gasteiger partial charge is 0.493 e. The summed E-state index contributed by atoms with van der Waals surface area (Å²) in [6, 6.07) is 10.1. The number of para-hydroxylation sites is 2. The number of methoxy groups -OCH3 is 1. The van der Waals surface area contributed by atoms with Crippen LogP contribution >= 0.6 is 0 Å². The molecule has 0 unspecified atom stereocenters. The SMILES string of the molecule is COc1ccccc1OCC(=O)NCCN(C(C)=O)c1ccc(F)c(F)c1. The second kappa shape index (κ2) is 9.51. The molecule has 2 amide bonds. The summed E-state index contributed by atoms with van der Waals surface area (Å²) in [7, 11) is 1.50. The lowest BCUT2D eigenvalue weighted by Crippen LogP contribution is -2.39. The molecule has 0 aliphatic heterocycles. The Hall–Kier alpha value is -3.16. The highest BCUT2D eigenvalue weighted by atomic mass is 19.2. The molecular weight excluding hydrogens is 358 g/mol. The number of amides is 2. The summed E-state index contributed by atoms with van der Waals surface area (Å²) in [5.74, 6) is -1.86. The Morgan fingerprint density at radius 2 is 1.78 bits per heavy atom. The van der Waals surface area contributed by atoms with Gasteiger partial charge in [-0.15, -0.1) is 0 Å². The second-order valence-electron chi connectivity index (χ2n) is 5.56. The van der Waals surface area contributed by atoms with Crippen molar-refractivity contribution in [3.8, 4) is 11.5 Å². The predicted octanol–water partition coefficient (Wildman–Crippen LogP) is 2.52. The van der Waals surface area contributed by atoms with E-state index < -0.39 is 17.5 Å². The third-order valence-electron chi connectivity index (χ3n) is 3.68. The Balaban J connectivity index is 1.86. The van der Waals surface area contributed by atoms with Crippen LogP contribution in [0.3, 0.4) is 0 Å². The molecule has 0 aliphatic carbocycles. The highest BCUT2D eigenvalue weighted by molar-refractivity contribution is 5.91. The number of nitrogens with zero attached hydrogens (tertiary/aromatic N) is 1. The molecule has 0 heterocycles. The summed E-state index contributed by atoms with van der Waals surface area (Å²) in [6.07, 6.45) is 0. The maximum absolute atomic E-state index is 13.4. The molecule has 2 rings (SSSR count). The topological polar surface area (TPSA) is 67.9 Å². The summed E-state index contributed by atoms with van der Waals surface area (Å²) < 4.78 is 36.9. The van der Waals surface area contributed by atoms with E-state index in [1.807, 2.05) is 0 Å². The van der Waals surface area contributed by atoms with Crippen LogP contribution in [-0.2, 0) is 9.59 Å². The first-order valence-corrected chi connectivity index (χ1v) is 8.18. The van der Waals surface area contributed by atoms with Gasteiger partial charge in [0.05, 0.1) is 7.11 Å². The number of benzene rings is 2. The molecule has 0 saturated heterocycles. The fourth-order valence-electron chi connectivity index (χ4n) is 2.36. The lowest BCUT2D eigenvalue weighted by molar-refractivity contribution is -0.123.